The van der Waals surface area contributed by atoms with Crippen molar-refractivity contribution in [2.75, 3.05) is 7.11 Å². The van der Waals surface area contributed by atoms with Gasteiger partial charge in [-0.3, -0.25) is 0 Å². The normalized spacial score (nSPS) is 16.0. The van der Waals surface area contributed by atoms with E-state index in [1.54, 1.807) is 12.1 Å². The first-order valence-electron chi connectivity index (χ1n) is 7.06. The molecule has 1 fully saturated rings. The lowest BCUT2D eigenvalue weighted by atomic mass is 9.98. The van der Waals surface area contributed by atoms with Gasteiger partial charge in [-0.2, -0.15) is 5.48 Å². The van der Waals surface area contributed by atoms with Gasteiger partial charge < -0.3 is 14.9 Å². The number of hydroxylamine groups is 1. The van der Waals surface area contributed by atoms with Crippen LogP contribution in [-0.2, 0) is 9.53 Å². The van der Waals surface area contributed by atoms with Crippen LogP contribution in [-0.4, -0.2) is 23.7 Å². The first kappa shape index (κ1) is 16.8. The van der Waals surface area contributed by atoms with Crippen LogP contribution in [0, 0.1) is 6.92 Å². The third-order valence-corrected chi connectivity index (χ3v) is 4.21. The smallest absolute Gasteiger partial charge is 0.331 e. The molecule has 0 saturated heterocycles. The zero-order valence-corrected chi connectivity index (χ0v) is 14.1. The summed E-state index contributed by atoms with van der Waals surface area (Å²) in [6.45, 7) is 1.90. The molecule has 1 aromatic carbocycles. The number of ether oxygens (including phenoxy) is 1. The van der Waals surface area contributed by atoms with E-state index in [-0.39, 0.29) is 11.1 Å². The van der Waals surface area contributed by atoms with Crippen LogP contribution < -0.4 is 15.6 Å². The molecule has 5 nitrogen and oxygen atoms in total. The van der Waals surface area contributed by atoms with Crippen LogP contribution >= 0.6 is 23.8 Å². The molecule has 0 unspecified atom stereocenters. The molecule has 0 bridgehead atoms. The summed E-state index contributed by atoms with van der Waals surface area (Å²) in [7, 11) is 1.38. The minimum absolute atomic E-state index is 0.242. The summed E-state index contributed by atoms with van der Waals surface area (Å²) in [5, 5.41) is 3.85. The summed E-state index contributed by atoms with van der Waals surface area (Å²) in [5.74, 6) is 0.281. The van der Waals surface area contributed by atoms with Gasteiger partial charge in [-0.1, -0.05) is 30.5 Å². The number of halogens is 1. The zero-order valence-electron chi connectivity index (χ0n) is 12.6. The quantitative estimate of drug-likeness (QED) is 0.498. The van der Waals surface area contributed by atoms with E-state index in [2.05, 4.69) is 10.8 Å². The number of carbonyl (C=O) groups excluding carboxylic acids is 1. The zero-order chi connectivity index (χ0) is 16.2. The van der Waals surface area contributed by atoms with Crippen molar-refractivity contribution in [1.29, 1.82) is 0 Å². The molecule has 0 radical (unpaired) electrons. The van der Waals surface area contributed by atoms with Crippen molar-refractivity contribution in [3.05, 3.63) is 28.8 Å². The largest absolute Gasteiger partial charge is 0.467 e. The number of carbonyl (C=O) groups is 1. The number of rotatable bonds is 4. The van der Waals surface area contributed by atoms with Gasteiger partial charge in [0, 0.05) is 11.1 Å². The minimum atomic E-state index is -0.758. The molecular formula is C15H19ClN2O3S. The standard InChI is InChI=1S/C15H19ClN2O3S/c1-10-5-6-11(16)9-12(10)21-18-14(22)17-15(13(19)20-2)7-3-4-8-15/h5-6,9H,3-4,7-8H2,1-2H3,(H2,17,18,22). The highest BCUT2D eigenvalue weighted by molar-refractivity contribution is 7.80. The Kier molecular flexibility index (Phi) is 5.47. The molecule has 2 N–H and O–H groups in total. The van der Waals surface area contributed by atoms with Crippen LogP contribution in [0.1, 0.15) is 31.2 Å². The van der Waals surface area contributed by atoms with Gasteiger partial charge in [0.05, 0.1) is 7.11 Å². The predicted octanol–water partition coefficient (Wildman–Crippen LogP) is 2.89. The molecule has 0 amide bonds. The maximum atomic E-state index is 12.0. The van der Waals surface area contributed by atoms with Crippen LogP contribution in [0.5, 0.6) is 5.75 Å². The third kappa shape index (κ3) is 3.81. The van der Waals surface area contributed by atoms with Crippen molar-refractivity contribution >= 4 is 34.9 Å². The van der Waals surface area contributed by atoms with Crippen LogP contribution in [0.3, 0.4) is 0 Å². The second-order valence-corrected chi connectivity index (χ2v) is 6.19. The van der Waals surface area contributed by atoms with E-state index < -0.39 is 5.54 Å². The highest BCUT2D eigenvalue weighted by atomic mass is 35.5. The number of thiocarbonyl (C=S) groups is 1. The Balaban J connectivity index is 1.97. The second kappa shape index (κ2) is 7.15. The Bertz CT molecular complexity index is 574. The number of hydrogen-bond donors (Lipinski definition) is 2. The summed E-state index contributed by atoms with van der Waals surface area (Å²) < 4.78 is 4.89. The Morgan fingerprint density at radius 2 is 2.05 bits per heavy atom. The highest BCUT2D eigenvalue weighted by Crippen LogP contribution is 2.30. The van der Waals surface area contributed by atoms with Crippen LogP contribution in [0.25, 0.3) is 0 Å². The molecule has 120 valence electrons. The van der Waals surface area contributed by atoms with Crippen molar-refractivity contribution in [3.63, 3.8) is 0 Å². The number of hydrogen-bond acceptors (Lipinski definition) is 4. The van der Waals surface area contributed by atoms with Crippen molar-refractivity contribution in [2.45, 2.75) is 38.1 Å². The van der Waals surface area contributed by atoms with Gasteiger partial charge in [0.25, 0.3) is 0 Å². The molecule has 0 heterocycles. The molecule has 1 aromatic rings. The fourth-order valence-electron chi connectivity index (χ4n) is 2.58. The summed E-state index contributed by atoms with van der Waals surface area (Å²) in [4.78, 5) is 17.5. The van der Waals surface area contributed by atoms with Gasteiger partial charge in [-0.15, -0.1) is 0 Å². The molecule has 0 spiro atoms. The SMILES string of the molecule is COC(=O)C1(NC(=S)NOc2cc(Cl)ccc2C)CCCC1. The molecule has 1 saturated carbocycles. The maximum Gasteiger partial charge on any atom is 0.331 e. The van der Waals surface area contributed by atoms with Crippen molar-refractivity contribution in [2.24, 2.45) is 0 Å². The number of methoxy groups -OCH3 is 1. The van der Waals surface area contributed by atoms with Gasteiger partial charge >= 0.3 is 5.97 Å². The van der Waals surface area contributed by atoms with Gasteiger partial charge in [0.1, 0.15) is 5.54 Å². The summed E-state index contributed by atoms with van der Waals surface area (Å²) in [5.41, 5.74) is 2.81. The number of nitrogens with one attached hydrogen (secondary N) is 2. The molecule has 2 rings (SSSR count). The molecule has 1 aliphatic rings. The van der Waals surface area contributed by atoms with Crippen LogP contribution in [0.4, 0.5) is 0 Å². The maximum absolute atomic E-state index is 12.0. The number of esters is 1. The molecule has 0 aromatic heterocycles. The lowest BCUT2D eigenvalue weighted by molar-refractivity contribution is -0.147. The van der Waals surface area contributed by atoms with Crippen molar-refractivity contribution < 1.29 is 14.4 Å². The van der Waals surface area contributed by atoms with E-state index in [1.807, 2.05) is 13.0 Å². The number of benzene rings is 1. The molecule has 0 atom stereocenters. The predicted molar refractivity (Wildman–Crippen MR) is 88.9 cm³/mol. The summed E-state index contributed by atoms with van der Waals surface area (Å²) in [6.07, 6.45) is 3.30. The van der Waals surface area contributed by atoms with E-state index >= 15 is 0 Å². The molecule has 0 aliphatic heterocycles. The Labute approximate surface area is 140 Å². The van der Waals surface area contributed by atoms with E-state index in [0.29, 0.717) is 23.6 Å². The third-order valence-electron chi connectivity index (χ3n) is 3.79. The fourth-order valence-corrected chi connectivity index (χ4v) is 2.98. The van der Waals surface area contributed by atoms with E-state index in [0.717, 1.165) is 18.4 Å². The van der Waals surface area contributed by atoms with Gasteiger partial charge in [-0.25, -0.2) is 4.79 Å². The Morgan fingerprint density at radius 3 is 2.68 bits per heavy atom. The summed E-state index contributed by atoms with van der Waals surface area (Å²) >= 11 is 11.2. The average Bonchev–Trinajstić information content (AvgIpc) is 2.97. The van der Waals surface area contributed by atoms with Crippen molar-refractivity contribution in [3.8, 4) is 5.75 Å². The van der Waals surface area contributed by atoms with Gasteiger partial charge in [0.2, 0.25) is 5.11 Å². The van der Waals surface area contributed by atoms with Crippen LogP contribution in [0.2, 0.25) is 5.02 Å². The fraction of sp³-hybridized carbons (Fsp3) is 0.467. The Morgan fingerprint density at radius 1 is 1.36 bits per heavy atom. The highest BCUT2D eigenvalue weighted by Gasteiger charge is 2.43. The number of aryl methyl sites for hydroxylation is 1. The van der Waals surface area contributed by atoms with Crippen molar-refractivity contribution in [1.82, 2.24) is 10.8 Å². The van der Waals surface area contributed by atoms with E-state index in [4.69, 9.17) is 33.4 Å². The molecule has 1 aliphatic carbocycles. The van der Waals surface area contributed by atoms with E-state index in [1.165, 1.54) is 7.11 Å². The lowest BCUT2D eigenvalue weighted by Crippen LogP contribution is -2.56. The second-order valence-electron chi connectivity index (χ2n) is 5.35. The molecular weight excluding hydrogens is 324 g/mol. The minimum Gasteiger partial charge on any atom is -0.467 e. The Hall–Kier alpha value is -1.53. The topological polar surface area (TPSA) is 59.6 Å². The molecule has 22 heavy (non-hydrogen) atoms. The molecule has 7 heteroatoms. The lowest BCUT2D eigenvalue weighted by Gasteiger charge is -2.28. The first-order chi connectivity index (χ1) is 10.5. The summed E-state index contributed by atoms with van der Waals surface area (Å²) in [6, 6.07) is 5.33. The average molecular weight is 343 g/mol. The first-order valence-corrected chi connectivity index (χ1v) is 7.85. The van der Waals surface area contributed by atoms with E-state index in [9.17, 15) is 4.79 Å². The van der Waals surface area contributed by atoms with Gasteiger partial charge in [0.15, 0.2) is 5.75 Å². The van der Waals surface area contributed by atoms with Crippen LogP contribution in [0.15, 0.2) is 18.2 Å². The van der Waals surface area contributed by atoms with Gasteiger partial charge in [-0.05, 0) is 43.6 Å². The monoisotopic (exact) mass is 342 g/mol.